The van der Waals surface area contributed by atoms with Crippen LogP contribution in [-0.4, -0.2) is 31.1 Å². The van der Waals surface area contributed by atoms with Gasteiger partial charge in [-0.2, -0.15) is 5.26 Å². The topological polar surface area (TPSA) is 39.1 Å². The van der Waals surface area contributed by atoms with E-state index in [1.165, 1.54) is 0 Å². The molecule has 1 aromatic carbocycles. The standard InChI is InChI=1S/C12H14ClN3/c1-16-5-4-11(8-16)15-10-3-2-9(7-14)12(13)6-10/h2-3,6,11,15H,4-5,8H2,1H3/t11-/m0/s1. The fraction of sp³-hybridized carbons (Fsp3) is 0.417. The average Bonchev–Trinajstić information content (AvgIpc) is 2.64. The molecule has 0 aliphatic carbocycles. The van der Waals surface area contributed by atoms with E-state index >= 15 is 0 Å². The van der Waals surface area contributed by atoms with Crippen molar-refractivity contribution in [1.29, 1.82) is 5.26 Å². The van der Waals surface area contributed by atoms with Crippen molar-refractivity contribution >= 4 is 17.3 Å². The quantitative estimate of drug-likeness (QED) is 0.855. The van der Waals surface area contributed by atoms with Gasteiger partial charge >= 0.3 is 0 Å². The van der Waals surface area contributed by atoms with Gasteiger partial charge in [0, 0.05) is 18.3 Å². The maximum Gasteiger partial charge on any atom is 0.101 e. The first-order valence-electron chi connectivity index (χ1n) is 5.34. The van der Waals surface area contributed by atoms with Crippen molar-refractivity contribution in [1.82, 2.24) is 4.90 Å². The van der Waals surface area contributed by atoms with E-state index in [1.807, 2.05) is 12.1 Å². The summed E-state index contributed by atoms with van der Waals surface area (Å²) >= 11 is 5.97. The van der Waals surface area contributed by atoms with Crippen LogP contribution in [-0.2, 0) is 0 Å². The summed E-state index contributed by atoms with van der Waals surface area (Å²) in [6, 6.07) is 8.01. The Bertz CT molecular complexity index is 425. The number of rotatable bonds is 2. The summed E-state index contributed by atoms with van der Waals surface area (Å²) in [7, 11) is 2.12. The molecular formula is C12H14ClN3. The third-order valence-corrected chi connectivity index (χ3v) is 3.16. The summed E-state index contributed by atoms with van der Waals surface area (Å²) in [4.78, 5) is 2.29. The molecule has 16 heavy (non-hydrogen) atoms. The zero-order valence-corrected chi connectivity index (χ0v) is 9.96. The van der Waals surface area contributed by atoms with Crippen LogP contribution in [0.5, 0.6) is 0 Å². The number of halogens is 1. The number of hydrogen-bond acceptors (Lipinski definition) is 3. The lowest BCUT2D eigenvalue weighted by molar-refractivity contribution is 0.414. The van der Waals surface area contributed by atoms with Gasteiger partial charge in [-0.25, -0.2) is 0 Å². The Morgan fingerprint density at radius 3 is 2.94 bits per heavy atom. The van der Waals surface area contributed by atoms with Gasteiger partial charge in [-0.15, -0.1) is 0 Å². The van der Waals surface area contributed by atoms with Crippen molar-refractivity contribution in [2.45, 2.75) is 12.5 Å². The Kier molecular flexibility index (Phi) is 3.33. The Morgan fingerprint density at radius 2 is 2.38 bits per heavy atom. The van der Waals surface area contributed by atoms with Crippen molar-refractivity contribution in [3.63, 3.8) is 0 Å². The molecule has 1 fully saturated rings. The van der Waals surface area contributed by atoms with E-state index in [9.17, 15) is 0 Å². The van der Waals surface area contributed by atoms with Crippen LogP contribution in [0.3, 0.4) is 0 Å². The summed E-state index contributed by atoms with van der Waals surface area (Å²) < 4.78 is 0. The van der Waals surface area contributed by atoms with Crippen LogP contribution in [0.4, 0.5) is 5.69 Å². The third kappa shape index (κ3) is 2.46. The number of nitrogens with zero attached hydrogens (tertiary/aromatic N) is 2. The first-order chi connectivity index (χ1) is 7.69. The Hall–Kier alpha value is -1.24. The van der Waals surface area contributed by atoms with Crippen LogP contribution >= 0.6 is 11.6 Å². The first kappa shape index (κ1) is 11.3. The van der Waals surface area contributed by atoms with Crippen LogP contribution in [0.25, 0.3) is 0 Å². The van der Waals surface area contributed by atoms with Gasteiger partial charge < -0.3 is 10.2 Å². The molecule has 84 valence electrons. The summed E-state index contributed by atoms with van der Waals surface area (Å²) in [5.41, 5.74) is 1.51. The minimum absolute atomic E-state index is 0.481. The second-order valence-electron chi connectivity index (χ2n) is 4.20. The van der Waals surface area contributed by atoms with E-state index in [1.54, 1.807) is 6.07 Å². The second-order valence-corrected chi connectivity index (χ2v) is 4.61. The van der Waals surface area contributed by atoms with Gasteiger partial charge in [0.2, 0.25) is 0 Å². The highest BCUT2D eigenvalue weighted by Gasteiger charge is 2.18. The number of nitriles is 1. The smallest absolute Gasteiger partial charge is 0.101 e. The molecule has 0 amide bonds. The number of anilines is 1. The molecule has 1 saturated heterocycles. The molecule has 1 atom stereocenters. The number of hydrogen-bond donors (Lipinski definition) is 1. The van der Waals surface area contributed by atoms with E-state index < -0.39 is 0 Å². The fourth-order valence-corrected chi connectivity index (χ4v) is 2.21. The molecule has 1 aliphatic rings. The average molecular weight is 236 g/mol. The van der Waals surface area contributed by atoms with Gasteiger partial charge in [-0.3, -0.25) is 0 Å². The van der Waals surface area contributed by atoms with Crippen molar-refractivity contribution in [3.8, 4) is 6.07 Å². The molecule has 0 unspecified atom stereocenters. The molecule has 1 heterocycles. The lowest BCUT2D eigenvalue weighted by atomic mass is 10.2. The predicted octanol–water partition coefficient (Wildman–Crippen LogP) is 2.33. The maximum absolute atomic E-state index is 8.77. The zero-order chi connectivity index (χ0) is 11.5. The van der Waals surface area contributed by atoms with Gasteiger partial charge in [-0.1, -0.05) is 11.6 Å². The molecule has 1 aliphatic heterocycles. The highest BCUT2D eigenvalue weighted by molar-refractivity contribution is 6.32. The molecule has 0 spiro atoms. The number of likely N-dealkylation sites (N-methyl/N-ethyl adjacent to an activating group) is 1. The Morgan fingerprint density at radius 1 is 1.56 bits per heavy atom. The minimum atomic E-state index is 0.481. The highest BCUT2D eigenvalue weighted by Crippen LogP contribution is 2.22. The fourth-order valence-electron chi connectivity index (χ4n) is 1.98. The second kappa shape index (κ2) is 4.73. The van der Waals surface area contributed by atoms with Gasteiger partial charge in [0.1, 0.15) is 6.07 Å². The van der Waals surface area contributed by atoms with Gasteiger partial charge in [0.05, 0.1) is 10.6 Å². The van der Waals surface area contributed by atoms with Crippen molar-refractivity contribution < 1.29 is 0 Å². The Labute approximate surface area is 101 Å². The van der Waals surface area contributed by atoms with E-state index in [4.69, 9.17) is 16.9 Å². The normalized spacial score (nSPS) is 20.7. The largest absolute Gasteiger partial charge is 0.381 e. The molecule has 0 saturated carbocycles. The third-order valence-electron chi connectivity index (χ3n) is 2.85. The van der Waals surface area contributed by atoms with Crippen LogP contribution < -0.4 is 5.32 Å². The van der Waals surface area contributed by atoms with Crippen LogP contribution in [0.2, 0.25) is 5.02 Å². The number of benzene rings is 1. The van der Waals surface area contributed by atoms with Crippen molar-refractivity contribution in [2.75, 3.05) is 25.5 Å². The molecule has 0 bridgehead atoms. The molecular weight excluding hydrogens is 222 g/mol. The van der Waals surface area contributed by atoms with Crippen LogP contribution in [0.15, 0.2) is 18.2 Å². The maximum atomic E-state index is 8.77. The molecule has 1 aromatic rings. The van der Waals surface area contributed by atoms with E-state index in [2.05, 4.69) is 23.3 Å². The number of nitrogens with one attached hydrogen (secondary N) is 1. The lowest BCUT2D eigenvalue weighted by Crippen LogP contribution is -2.23. The minimum Gasteiger partial charge on any atom is -0.381 e. The monoisotopic (exact) mass is 235 g/mol. The number of likely N-dealkylation sites (tertiary alicyclic amines) is 1. The lowest BCUT2D eigenvalue weighted by Gasteiger charge is -2.14. The van der Waals surface area contributed by atoms with E-state index in [-0.39, 0.29) is 0 Å². The molecule has 4 heteroatoms. The molecule has 2 rings (SSSR count). The molecule has 1 N–H and O–H groups in total. The van der Waals surface area contributed by atoms with Crippen molar-refractivity contribution in [2.24, 2.45) is 0 Å². The van der Waals surface area contributed by atoms with Crippen molar-refractivity contribution in [3.05, 3.63) is 28.8 Å². The summed E-state index contributed by atoms with van der Waals surface area (Å²) in [6.07, 6.45) is 1.15. The van der Waals surface area contributed by atoms with Gasteiger partial charge in [0.25, 0.3) is 0 Å². The summed E-state index contributed by atoms with van der Waals surface area (Å²) in [5.74, 6) is 0. The van der Waals surface area contributed by atoms with Gasteiger partial charge in [0.15, 0.2) is 0 Å². The molecule has 0 aromatic heterocycles. The van der Waals surface area contributed by atoms with Crippen LogP contribution in [0.1, 0.15) is 12.0 Å². The van der Waals surface area contributed by atoms with E-state index in [0.29, 0.717) is 16.6 Å². The Balaban J connectivity index is 2.05. The molecule has 3 nitrogen and oxygen atoms in total. The predicted molar refractivity (Wildman–Crippen MR) is 65.7 cm³/mol. The highest BCUT2D eigenvalue weighted by atomic mass is 35.5. The first-order valence-corrected chi connectivity index (χ1v) is 5.71. The summed E-state index contributed by atoms with van der Waals surface area (Å²) in [5, 5.41) is 12.7. The van der Waals surface area contributed by atoms with E-state index in [0.717, 1.165) is 25.2 Å². The van der Waals surface area contributed by atoms with Crippen LogP contribution in [0, 0.1) is 11.3 Å². The SMILES string of the molecule is CN1CC[C@H](Nc2ccc(C#N)c(Cl)c2)C1. The van der Waals surface area contributed by atoms with Gasteiger partial charge in [-0.05, 0) is 38.2 Å². The molecule has 0 radical (unpaired) electrons. The zero-order valence-electron chi connectivity index (χ0n) is 9.20. The summed E-state index contributed by atoms with van der Waals surface area (Å²) in [6.45, 7) is 2.18.